The molecule has 1 aromatic heterocycles. The number of methoxy groups -OCH3 is 1. The van der Waals surface area contributed by atoms with Gasteiger partial charge in [0.25, 0.3) is 0 Å². The van der Waals surface area contributed by atoms with E-state index in [2.05, 4.69) is 28.4 Å². The summed E-state index contributed by atoms with van der Waals surface area (Å²) in [6.45, 7) is 4.05. The molecule has 0 bridgehead atoms. The molecule has 4 heteroatoms. The summed E-state index contributed by atoms with van der Waals surface area (Å²) in [5.74, 6) is 1.97. The second-order valence-corrected chi connectivity index (χ2v) is 6.11. The standard InChI is InChI=1S/C19H26N2O2/c1-22-17-8-5-7-16(13-17)14-20-15-18(19-9-6-12-23-19)21-10-3-2-4-11-21/h5-9,12-13,18,20H,2-4,10-11,14-15H2,1H3. The first-order valence-corrected chi connectivity index (χ1v) is 8.48. The van der Waals surface area contributed by atoms with Crippen molar-refractivity contribution in [3.05, 3.63) is 54.0 Å². The van der Waals surface area contributed by atoms with Crippen LogP contribution in [-0.2, 0) is 6.54 Å². The normalized spacial score (nSPS) is 17.1. The molecule has 0 radical (unpaired) electrons. The van der Waals surface area contributed by atoms with E-state index < -0.39 is 0 Å². The van der Waals surface area contributed by atoms with Gasteiger partial charge in [0.1, 0.15) is 11.5 Å². The molecule has 1 unspecified atom stereocenters. The summed E-state index contributed by atoms with van der Waals surface area (Å²) in [4.78, 5) is 2.54. The summed E-state index contributed by atoms with van der Waals surface area (Å²) in [6, 6.07) is 12.6. The van der Waals surface area contributed by atoms with Gasteiger partial charge in [0.2, 0.25) is 0 Å². The van der Waals surface area contributed by atoms with Crippen LogP contribution in [0.4, 0.5) is 0 Å². The van der Waals surface area contributed by atoms with Crippen molar-refractivity contribution in [1.29, 1.82) is 0 Å². The highest BCUT2D eigenvalue weighted by Crippen LogP contribution is 2.24. The Balaban J connectivity index is 1.60. The van der Waals surface area contributed by atoms with Crippen LogP contribution in [0.1, 0.15) is 36.6 Å². The molecule has 2 aromatic rings. The molecule has 3 rings (SSSR count). The Morgan fingerprint density at radius 3 is 2.78 bits per heavy atom. The third-order valence-corrected chi connectivity index (χ3v) is 4.50. The molecular weight excluding hydrogens is 288 g/mol. The molecule has 1 aromatic carbocycles. The van der Waals surface area contributed by atoms with Crippen LogP contribution in [0, 0.1) is 0 Å². The van der Waals surface area contributed by atoms with E-state index in [1.165, 1.54) is 24.8 Å². The fourth-order valence-corrected chi connectivity index (χ4v) is 3.26. The zero-order valence-corrected chi connectivity index (χ0v) is 13.8. The van der Waals surface area contributed by atoms with Gasteiger partial charge in [-0.05, 0) is 55.8 Å². The highest BCUT2D eigenvalue weighted by Gasteiger charge is 2.23. The zero-order chi connectivity index (χ0) is 15.9. The van der Waals surface area contributed by atoms with E-state index in [0.717, 1.165) is 37.7 Å². The van der Waals surface area contributed by atoms with Crippen molar-refractivity contribution >= 4 is 0 Å². The van der Waals surface area contributed by atoms with Crippen molar-refractivity contribution in [3.63, 3.8) is 0 Å². The highest BCUT2D eigenvalue weighted by molar-refractivity contribution is 5.28. The summed E-state index contributed by atoms with van der Waals surface area (Å²) in [5.41, 5.74) is 1.24. The van der Waals surface area contributed by atoms with Crippen LogP contribution >= 0.6 is 0 Å². The average molecular weight is 314 g/mol. The Bertz CT molecular complexity index is 577. The number of likely N-dealkylation sites (tertiary alicyclic amines) is 1. The first kappa shape index (κ1) is 16.1. The van der Waals surface area contributed by atoms with E-state index in [1.807, 2.05) is 18.2 Å². The maximum atomic E-state index is 5.69. The average Bonchev–Trinajstić information content (AvgIpc) is 3.14. The lowest BCUT2D eigenvalue weighted by Crippen LogP contribution is -2.38. The Morgan fingerprint density at radius 1 is 1.17 bits per heavy atom. The molecule has 1 saturated heterocycles. The van der Waals surface area contributed by atoms with Gasteiger partial charge >= 0.3 is 0 Å². The first-order valence-electron chi connectivity index (χ1n) is 8.48. The monoisotopic (exact) mass is 314 g/mol. The Hall–Kier alpha value is -1.78. The van der Waals surface area contributed by atoms with Crippen LogP contribution in [0.25, 0.3) is 0 Å². The summed E-state index contributed by atoms with van der Waals surface area (Å²) < 4.78 is 11.0. The molecule has 1 aliphatic rings. The molecule has 1 N–H and O–H groups in total. The number of ether oxygens (including phenoxy) is 1. The minimum atomic E-state index is 0.316. The number of hydrogen-bond donors (Lipinski definition) is 1. The number of piperidine rings is 1. The molecule has 4 nitrogen and oxygen atoms in total. The van der Waals surface area contributed by atoms with Crippen LogP contribution in [0.5, 0.6) is 5.75 Å². The van der Waals surface area contributed by atoms with E-state index in [9.17, 15) is 0 Å². The summed E-state index contributed by atoms with van der Waals surface area (Å²) in [5, 5.41) is 3.58. The van der Waals surface area contributed by atoms with E-state index in [1.54, 1.807) is 13.4 Å². The van der Waals surface area contributed by atoms with Gasteiger partial charge < -0.3 is 14.5 Å². The fraction of sp³-hybridized carbons (Fsp3) is 0.474. The first-order chi connectivity index (χ1) is 11.4. The number of nitrogens with zero attached hydrogens (tertiary/aromatic N) is 1. The zero-order valence-electron chi connectivity index (χ0n) is 13.8. The lowest BCUT2D eigenvalue weighted by Gasteiger charge is -2.33. The molecule has 124 valence electrons. The van der Waals surface area contributed by atoms with Crippen LogP contribution in [-0.4, -0.2) is 31.6 Å². The van der Waals surface area contributed by atoms with Crippen molar-refractivity contribution in [3.8, 4) is 5.75 Å². The number of nitrogens with one attached hydrogen (secondary N) is 1. The van der Waals surface area contributed by atoms with Crippen molar-refractivity contribution in [1.82, 2.24) is 10.2 Å². The van der Waals surface area contributed by atoms with E-state index >= 15 is 0 Å². The largest absolute Gasteiger partial charge is 0.497 e. The van der Waals surface area contributed by atoms with Crippen LogP contribution in [0.2, 0.25) is 0 Å². The van der Waals surface area contributed by atoms with Gasteiger partial charge in [-0.3, -0.25) is 4.90 Å². The smallest absolute Gasteiger partial charge is 0.122 e. The lowest BCUT2D eigenvalue weighted by atomic mass is 10.1. The Kier molecular flexibility index (Phi) is 5.72. The summed E-state index contributed by atoms with van der Waals surface area (Å²) in [6.07, 6.45) is 5.69. The van der Waals surface area contributed by atoms with Crippen LogP contribution in [0.15, 0.2) is 47.1 Å². The SMILES string of the molecule is COc1cccc(CNCC(c2ccco2)N2CCCCC2)c1. The predicted molar refractivity (Wildman–Crippen MR) is 91.6 cm³/mol. The van der Waals surface area contributed by atoms with Crippen LogP contribution in [0.3, 0.4) is 0 Å². The number of benzene rings is 1. The second kappa shape index (κ2) is 8.18. The highest BCUT2D eigenvalue weighted by atomic mass is 16.5. The maximum absolute atomic E-state index is 5.69. The summed E-state index contributed by atoms with van der Waals surface area (Å²) >= 11 is 0. The minimum Gasteiger partial charge on any atom is -0.497 e. The maximum Gasteiger partial charge on any atom is 0.122 e. The quantitative estimate of drug-likeness (QED) is 0.847. The summed E-state index contributed by atoms with van der Waals surface area (Å²) in [7, 11) is 1.70. The number of furan rings is 1. The molecule has 23 heavy (non-hydrogen) atoms. The molecule has 1 aliphatic heterocycles. The molecule has 1 fully saturated rings. The number of rotatable bonds is 7. The molecule has 0 aliphatic carbocycles. The van der Waals surface area contributed by atoms with Crippen molar-refractivity contribution < 1.29 is 9.15 Å². The van der Waals surface area contributed by atoms with Crippen LogP contribution < -0.4 is 10.1 Å². The Morgan fingerprint density at radius 2 is 2.04 bits per heavy atom. The molecule has 0 spiro atoms. The van der Waals surface area contributed by atoms with Gasteiger partial charge in [0, 0.05) is 13.1 Å². The third kappa shape index (κ3) is 4.36. The van der Waals surface area contributed by atoms with Gasteiger partial charge in [-0.15, -0.1) is 0 Å². The molecule has 0 amide bonds. The molecule has 0 saturated carbocycles. The minimum absolute atomic E-state index is 0.316. The van der Waals surface area contributed by atoms with Gasteiger partial charge in [0.05, 0.1) is 19.4 Å². The second-order valence-electron chi connectivity index (χ2n) is 6.11. The molecular formula is C19H26N2O2. The molecule has 2 heterocycles. The third-order valence-electron chi connectivity index (χ3n) is 4.50. The van der Waals surface area contributed by atoms with Gasteiger partial charge in [-0.25, -0.2) is 0 Å². The van der Waals surface area contributed by atoms with E-state index in [0.29, 0.717) is 6.04 Å². The van der Waals surface area contributed by atoms with Crippen molar-refractivity contribution in [2.75, 3.05) is 26.7 Å². The van der Waals surface area contributed by atoms with Gasteiger partial charge in [0.15, 0.2) is 0 Å². The Labute approximate surface area is 138 Å². The van der Waals surface area contributed by atoms with Gasteiger partial charge in [-0.2, -0.15) is 0 Å². The lowest BCUT2D eigenvalue weighted by molar-refractivity contribution is 0.142. The predicted octanol–water partition coefficient (Wildman–Crippen LogP) is 3.61. The van der Waals surface area contributed by atoms with Crippen molar-refractivity contribution in [2.24, 2.45) is 0 Å². The number of hydrogen-bond acceptors (Lipinski definition) is 4. The molecule has 1 atom stereocenters. The van der Waals surface area contributed by atoms with E-state index in [-0.39, 0.29) is 0 Å². The topological polar surface area (TPSA) is 37.6 Å². The van der Waals surface area contributed by atoms with Crippen molar-refractivity contribution in [2.45, 2.75) is 31.8 Å². The van der Waals surface area contributed by atoms with Gasteiger partial charge in [-0.1, -0.05) is 18.6 Å². The van der Waals surface area contributed by atoms with E-state index in [4.69, 9.17) is 9.15 Å². The fourth-order valence-electron chi connectivity index (χ4n) is 3.26.